The van der Waals surface area contributed by atoms with Crippen LogP contribution >= 0.6 is 0 Å². The molecular formula is C17H11N7O2. The average molecular weight is 345 g/mol. The highest BCUT2D eigenvalue weighted by Gasteiger charge is 2.29. The van der Waals surface area contributed by atoms with Gasteiger partial charge in [-0.15, -0.1) is 5.10 Å². The number of nitrogens with zero attached hydrogens (tertiary/aromatic N) is 4. The van der Waals surface area contributed by atoms with Crippen molar-refractivity contribution in [3.63, 3.8) is 0 Å². The summed E-state index contributed by atoms with van der Waals surface area (Å²) in [6, 6.07) is 11.0. The Bertz CT molecular complexity index is 1140. The van der Waals surface area contributed by atoms with Crippen LogP contribution in [-0.4, -0.2) is 32.0 Å². The first-order valence-corrected chi connectivity index (χ1v) is 7.78. The summed E-state index contributed by atoms with van der Waals surface area (Å²) in [5.41, 5.74) is 7.44. The van der Waals surface area contributed by atoms with Crippen LogP contribution in [0.4, 0.5) is 11.4 Å². The molecule has 0 fully saturated rings. The van der Waals surface area contributed by atoms with Crippen LogP contribution in [0.1, 0.15) is 5.56 Å². The van der Waals surface area contributed by atoms with E-state index in [2.05, 4.69) is 36.2 Å². The highest BCUT2D eigenvalue weighted by molar-refractivity contribution is 6.55. The van der Waals surface area contributed by atoms with Crippen LogP contribution < -0.4 is 10.7 Å². The second kappa shape index (κ2) is 5.52. The van der Waals surface area contributed by atoms with Gasteiger partial charge in [0, 0.05) is 5.56 Å². The highest BCUT2D eigenvalue weighted by atomic mass is 16.3. The summed E-state index contributed by atoms with van der Waals surface area (Å²) in [5.74, 6) is 0.390. The number of hydrogen-bond donors (Lipinski definition) is 3. The molecule has 0 spiro atoms. The topological polar surface area (TPSA) is 121 Å². The second-order valence-corrected chi connectivity index (χ2v) is 5.67. The molecule has 0 bridgehead atoms. The zero-order chi connectivity index (χ0) is 17.5. The van der Waals surface area contributed by atoms with E-state index in [1.807, 2.05) is 30.3 Å². The molecule has 0 aliphatic carbocycles. The fourth-order valence-corrected chi connectivity index (χ4v) is 2.85. The second-order valence-electron chi connectivity index (χ2n) is 5.67. The molecule has 5 rings (SSSR count). The van der Waals surface area contributed by atoms with Crippen molar-refractivity contribution in [2.75, 3.05) is 10.7 Å². The van der Waals surface area contributed by atoms with E-state index in [-0.39, 0.29) is 11.6 Å². The smallest absolute Gasteiger partial charge is 0.276 e. The Morgan fingerprint density at radius 1 is 1.12 bits per heavy atom. The summed E-state index contributed by atoms with van der Waals surface area (Å²) in [6.07, 6.45) is 3.03. The molecule has 0 saturated heterocycles. The molecule has 0 saturated carbocycles. The predicted molar refractivity (Wildman–Crippen MR) is 94.6 cm³/mol. The number of nitrogens with one attached hydrogen (secondary N) is 3. The molecule has 4 aromatic rings. The molecule has 0 atom stereocenters. The van der Waals surface area contributed by atoms with E-state index in [0.717, 1.165) is 16.8 Å². The van der Waals surface area contributed by atoms with Gasteiger partial charge in [-0.1, -0.05) is 5.21 Å². The highest BCUT2D eigenvalue weighted by Crippen LogP contribution is 2.29. The molecule has 26 heavy (non-hydrogen) atoms. The number of fused-ring (bicyclic) bond motifs is 3. The van der Waals surface area contributed by atoms with Crippen LogP contribution in [0.5, 0.6) is 0 Å². The number of H-pyrrole nitrogens is 1. The molecule has 126 valence electrons. The lowest BCUT2D eigenvalue weighted by atomic mass is 10.1. The normalized spacial score (nSPS) is 14.6. The number of oxazole rings is 1. The minimum atomic E-state index is -0.290. The Balaban J connectivity index is 1.47. The quantitative estimate of drug-likeness (QED) is 0.490. The zero-order valence-electron chi connectivity index (χ0n) is 13.2. The molecule has 9 heteroatoms. The van der Waals surface area contributed by atoms with Gasteiger partial charge in [0.05, 0.1) is 28.7 Å². The molecule has 1 aliphatic heterocycles. The third-order valence-corrected chi connectivity index (χ3v) is 4.10. The maximum absolute atomic E-state index is 12.3. The van der Waals surface area contributed by atoms with E-state index in [1.54, 1.807) is 12.3 Å². The van der Waals surface area contributed by atoms with Crippen molar-refractivity contribution in [3.8, 4) is 11.3 Å². The van der Waals surface area contributed by atoms with Crippen molar-refractivity contribution < 1.29 is 9.21 Å². The van der Waals surface area contributed by atoms with Crippen molar-refractivity contribution >= 4 is 34.0 Å². The van der Waals surface area contributed by atoms with E-state index in [0.29, 0.717) is 22.5 Å². The van der Waals surface area contributed by atoms with Gasteiger partial charge in [-0.2, -0.15) is 5.10 Å². The maximum Gasteiger partial charge on any atom is 0.276 e. The van der Waals surface area contributed by atoms with E-state index in [4.69, 9.17) is 4.42 Å². The number of aromatic nitrogens is 4. The number of hydrazone groups is 1. The Hall–Kier alpha value is -4.01. The number of anilines is 2. The van der Waals surface area contributed by atoms with E-state index < -0.39 is 0 Å². The third-order valence-electron chi connectivity index (χ3n) is 4.10. The monoisotopic (exact) mass is 345 g/mol. The number of carbonyl (C=O) groups excluding carboxylic acids is 1. The van der Waals surface area contributed by atoms with Gasteiger partial charge >= 0.3 is 0 Å². The zero-order valence-corrected chi connectivity index (χ0v) is 13.2. The number of amides is 1. The number of hydrogen-bond acceptors (Lipinski definition) is 7. The maximum atomic E-state index is 12.3. The average Bonchev–Trinajstić information content (AvgIpc) is 3.39. The van der Waals surface area contributed by atoms with Gasteiger partial charge in [-0.05, 0) is 36.4 Å². The minimum absolute atomic E-state index is 0.263. The lowest BCUT2D eigenvalue weighted by Crippen LogP contribution is -2.16. The minimum Gasteiger partial charge on any atom is -0.444 e. The fraction of sp³-hybridized carbons (Fsp3) is 0. The third kappa shape index (κ3) is 2.22. The summed E-state index contributed by atoms with van der Waals surface area (Å²) in [5, 5.41) is 17.7. The summed E-state index contributed by atoms with van der Waals surface area (Å²) >= 11 is 0. The van der Waals surface area contributed by atoms with Gasteiger partial charge in [-0.25, -0.2) is 4.98 Å². The molecule has 3 N–H and O–H groups in total. The Labute approximate surface area is 146 Å². The summed E-state index contributed by atoms with van der Waals surface area (Å²) in [4.78, 5) is 16.2. The van der Waals surface area contributed by atoms with Crippen LogP contribution in [0.3, 0.4) is 0 Å². The summed E-state index contributed by atoms with van der Waals surface area (Å²) in [6.45, 7) is 0. The Morgan fingerprint density at radius 2 is 2.00 bits per heavy atom. The summed E-state index contributed by atoms with van der Waals surface area (Å²) in [7, 11) is 0. The van der Waals surface area contributed by atoms with Crippen LogP contribution in [0.25, 0.3) is 22.4 Å². The first-order valence-electron chi connectivity index (χ1n) is 7.78. The van der Waals surface area contributed by atoms with Gasteiger partial charge in [-0.3, -0.25) is 15.3 Å². The molecule has 0 unspecified atom stereocenters. The molecule has 0 radical (unpaired) electrons. The fourth-order valence-electron chi connectivity index (χ4n) is 2.85. The van der Waals surface area contributed by atoms with Gasteiger partial charge in [0.1, 0.15) is 5.52 Å². The lowest BCUT2D eigenvalue weighted by molar-refractivity contribution is -0.110. The van der Waals surface area contributed by atoms with Crippen molar-refractivity contribution in [3.05, 3.63) is 54.6 Å². The number of rotatable bonds is 3. The largest absolute Gasteiger partial charge is 0.444 e. The Morgan fingerprint density at radius 3 is 2.81 bits per heavy atom. The van der Waals surface area contributed by atoms with Gasteiger partial charge in [0.2, 0.25) is 0 Å². The molecule has 9 nitrogen and oxygen atoms in total. The number of aromatic amines is 1. The van der Waals surface area contributed by atoms with Crippen molar-refractivity contribution in [2.45, 2.75) is 0 Å². The standard InChI is InChI=1S/C17H11N7O2/c25-17-16(14-11(19-17)5-6-12-15(14)23-24-21-12)22-20-10-3-1-9(2-4-10)13-7-18-8-26-13/h1-8,20H,(H,19,22,25)(H,21,23,24). The van der Waals surface area contributed by atoms with Crippen molar-refractivity contribution in [1.29, 1.82) is 0 Å². The summed E-state index contributed by atoms with van der Waals surface area (Å²) < 4.78 is 5.26. The van der Waals surface area contributed by atoms with Crippen LogP contribution in [0.15, 0.2) is 58.5 Å². The Kier molecular flexibility index (Phi) is 3.04. The van der Waals surface area contributed by atoms with Gasteiger partial charge in [0.15, 0.2) is 17.9 Å². The molecule has 2 aromatic carbocycles. The first-order chi connectivity index (χ1) is 12.8. The molecule has 3 heterocycles. The van der Waals surface area contributed by atoms with Crippen LogP contribution in [0.2, 0.25) is 0 Å². The van der Waals surface area contributed by atoms with E-state index >= 15 is 0 Å². The SMILES string of the molecule is O=C1Nc2ccc3[nH]nnc3c2/C1=N/Nc1ccc(-c2cnco2)cc1. The van der Waals surface area contributed by atoms with Crippen molar-refractivity contribution in [2.24, 2.45) is 5.10 Å². The van der Waals surface area contributed by atoms with Crippen molar-refractivity contribution in [1.82, 2.24) is 20.4 Å². The molecule has 1 amide bonds. The molecule has 2 aromatic heterocycles. The van der Waals surface area contributed by atoms with Crippen LogP contribution in [0, 0.1) is 0 Å². The van der Waals surface area contributed by atoms with E-state index in [1.165, 1.54) is 6.39 Å². The van der Waals surface area contributed by atoms with Crippen LogP contribution in [-0.2, 0) is 4.79 Å². The van der Waals surface area contributed by atoms with Gasteiger partial charge < -0.3 is 9.73 Å². The predicted octanol–water partition coefficient (Wildman–Crippen LogP) is 2.38. The first kappa shape index (κ1) is 14.3. The van der Waals surface area contributed by atoms with Gasteiger partial charge in [0.25, 0.3) is 5.91 Å². The number of carbonyl (C=O) groups is 1. The lowest BCUT2D eigenvalue weighted by Gasteiger charge is -2.03. The number of benzene rings is 2. The molecular weight excluding hydrogens is 334 g/mol. The van der Waals surface area contributed by atoms with E-state index in [9.17, 15) is 4.79 Å². The molecule has 1 aliphatic rings.